The fourth-order valence-electron chi connectivity index (χ4n) is 3.06. The lowest BCUT2D eigenvalue weighted by molar-refractivity contribution is -0.00466. The number of nitrogens with one attached hydrogen (secondary N) is 1. The van der Waals surface area contributed by atoms with Gasteiger partial charge in [-0.15, -0.1) is 0 Å². The average molecular weight is 292 g/mol. The van der Waals surface area contributed by atoms with Crippen molar-refractivity contribution in [1.82, 2.24) is 5.32 Å². The Bertz CT molecular complexity index is 504. The van der Waals surface area contributed by atoms with E-state index in [1.54, 1.807) is 19.2 Å². The fraction of sp³-hybridized carbons (Fsp3) is 0.647. The maximum absolute atomic E-state index is 13.9. The molecule has 0 aromatic heterocycles. The van der Waals surface area contributed by atoms with Crippen molar-refractivity contribution in [2.24, 2.45) is 0 Å². The summed E-state index contributed by atoms with van der Waals surface area (Å²) in [5.74, 6) is -0.148. The van der Waals surface area contributed by atoms with Crippen LogP contribution in [0, 0.1) is 5.82 Å². The number of hydrogen-bond acceptors (Lipinski definition) is 3. The monoisotopic (exact) mass is 292 g/mol. The lowest BCUT2D eigenvalue weighted by Gasteiger charge is -2.40. The van der Waals surface area contributed by atoms with Gasteiger partial charge in [-0.25, -0.2) is 4.39 Å². The van der Waals surface area contributed by atoms with E-state index in [4.69, 9.17) is 4.74 Å². The van der Waals surface area contributed by atoms with Crippen molar-refractivity contribution in [2.75, 3.05) is 25.1 Å². The first-order chi connectivity index (χ1) is 10.1. The van der Waals surface area contributed by atoms with Crippen molar-refractivity contribution in [2.45, 2.75) is 50.8 Å². The lowest BCUT2D eigenvalue weighted by Crippen LogP contribution is -2.47. The molecule has 4 heteroatoms. The number of hydrogen-bond donors (Lipinski definition) is 1. The van der Waals surface area contributed by atoms with Crippen molar-refractivity contribution in [3.05, 3.63) is 29.6 Å². The second-order valence-corrected chi connectivity index (χ2v) is 6.65. The summed E-state index contributed by atoms with van der Waals surface area (Å²) in [6.07, 6.45) is 4.64. The molecule has 1 aliphatic carbocycles. The van der Waals surface area contributed by atoms with Crippen molar-refractivity contribution in [3.8, 4) is 0 Å². The van der Waals surface area contributed by atoms with Gasteiger partial charge in [-0.3, -0.25) is 0 Å². The third kappa shape index (κ3) is 3.74. The molecular weight excluding hydrogens is 267 g/mol. The molecule has 1 aromatic carbocycles. The van der Waals surface area contributed by atoms with Gasteiger partial charge in [0.2, 0.25) is 0 Å². The number of rotatable bonds is 5. The molecule has 0 bridgehead atoms. The second kappa shape index (κ2) is 5.93. The Balaban J connectivity index is 1.73. The van der Waals surface area contributed by atoms with Gasteiger partial charge in [0.1, 0.15) is 5.82 Å². The van der Waals surface area contributed by atoms with E-state index in [-0.39, 0.29) is 11.4 Å². The molecular formula is C17H25FN2O. The predicted octanol–water partition coefficient (Wildman–Crippen LogP) is 3.08. The molecule has 1 heterocycles. The topological polar surface area (TPSA) is 24.5 Å². The lowest BCUT2D eigenvalue weighted by atomic mass is 9.94. The minimum atomic E-state index is -0.148. The number of nitrogens with zero attached hydrogens (tertiary/aromatic N) is 1. The van der Waals surface area contributed by atoms with Gasteiger partial charge >= 0.3 is 0 Å². The highest BCUT2D eigenvalue weighted by Gasteiger charge is 2.31. The molecule has 2 fully saturated rings. The Labute approximate surface area is 126 Å². The van der Waals surface area contributed by atoms with Crippen LogP contribution in [-0.4, -0.2) is 31.8 Å². The number of methoxy groups -OCH3 is 1. The molecule has 2 aliphatic rings. The first-order valence-electron chi connectivity index (χ1n) is 7.91. The Kier molecular flexibility index (Phi) is 4.18. The smallest absolute Gasteiger partial charge is 0.125 e. The van der Waals surface area contributed by atoms with Crippen LogP contribution in [0.2, 0.25) is 0 Å². The maximum Gasteiger partial charge on any atom is 0.125 e. The Morgan fingerprint density at radius 2 is 2.19 bits per heavy atom. The molecule has 3 rings (SSSR count). The van der Waals surface area contributed by atoms with Crippen LogP contribution in [0.1, 0.15) is 38.2 Å². The molecule has 1 saturated carbocycles. The van der Waals surface area contributed by atoms with Crippen molar-refractivity contribution in [1.29, 1.82) is 0 Å². The molecule has 1 aromatic rings. The van der Waals surface area contributed by atoms with Gasteiger partial charge in [0.05, 0.1) is 5.60 Å². The van der Waals surface area contributed by atoms with Gasteiger partial charge in [0, 0.05) is 38.5 Å². The summed E-state index contributed by atoms with van der Waals surface area (Å²) in [6, 6.07) is 6.03. The number of halogens is 1. The highest BCUT2D eigenvalue weighted by atomic mass is 19.1. The van der Waals surface area contributed by atoms with Crippen LogP contribution in [0.5, 0.6) is 0 Å². The van der Waals surface area contributed by atoms with E-state index in [9.17, 15) is 4.39 Å². The van der Waals surface area contributed by atoms with Crippen molar-refractivity contribution >= 4 is 5.69 Å². The summed E-state index contributed by atoms with van der Waals surface area (Å²) < 4.78 is 19.5. The zero-order valence-corrected chi connectivity index (χ0v) is 13.0. The van der Waals surface area contributed by atoms with E-state index in [2.05, 4.69) is 23.2 Å². The standard InChI is InChI=1S/C17H25FN2O/c1-17(21-2)6-3-7-20(12-17)16-9-13(8-14(18)10-16)11-19-15-4-5-15/h8-10,15,19H,3-7,11-12H2,1-2H3. The van der Waals surface area contributed by atoms with Crippen LogP contribution >= 0.6 is 0 Å². The molecule has 1 atom stereocenters. The van der Waals surface area contributed by atoms with Crippen LogP contribution in [0.4, 0.5) is 10.1 Å². The fourth-order valence-corrected chi connectivity index (χ4v) is 3.06. The molecule has 0 amide bonds. The Hall–Kier alpha value is -1.13. The van der Waals surface area contributed by atoms with Crippen LogP contribution in [0.15, 0.2) is 18.2 Å². The third-order valence-corrected chi connectivity index (χ3v) is 4.63. The summed E-state index contributed by atoms with van der Waals surface area (Å²) in [6.45, 7) is 4.68. The number of ether oxygens (including phenoxy) is 1. The van der Waals surface area contributed by atoms with Crippen molar-refractivity contribution < 1.29 is 9.13 Å². The van der Waals surface area contributed by atoms with Crippen molar-refractivity contribution in [3.63, 3.8) is 0 Å². The Morgan fingerprint density at radius 3 is 2.90 bits per heavy atom. The second-order valence-electron chi connectivity index (χ2n) is 6.65. The normalized spacial score (nSPS) is 26.1. The maximum atomic E-state index is 13.9. The van der Waals surface area contributed by atoms with Gasteiger partial charge in [0.15, 0.2) is 0 Å². The quantitative estimate of drug-likeness (QED) is 0.902. The Morgan fingerprint density at radius 1 is 1.38 bits per heavy atom. The summed E-state index contributed by atoms with van der Waals surface area (Å²) in [5, 5.41) is 3.45. The molecule has 3 nitrogen and oxygen atoms in total. The zero-order valence-electron chi connectivity index (χ0n) is 13.0. The number of anilines is 1. The molecule has 1 aliphatic heterocycles. The van der Waals surface area contributed by atoms with Gasteiger partial charge in [-0.2, -0.15) is 0 Å². The van der Waals surface area contributed by atoms with E-state index in [0.717, 1.165) is 43.7 Å². The minimum absolute atomic E-state index is 0.128. The molecule has 0 spiro atoms. The summed E-state index contributed by atoms with van der Waals surface area (Å²) in [4.78, 5) is 2.25. The number of piperidine rings is 1. The van der Waals surface area contributed by atoms with E-state index in [1.165, 1.54) is 12.8 Å². The predicted molar refractivity (Wildman–Crippen MR) is 83.1 cm³/mol. The van der Waals surface area contributed by atoms with Gasteiger partial charge in [-0.1, -0.05) is 0 Å². The SMILES string of the molecule is COC1(C)CCCN(c2cc(F)cc(CNC3CC3)c2)C1. The van der Waals surface area contributed by atoms with Gasteiger partial charge < -0.3 is 15.0 Å². The van der Waals surface area contributed by atoms with E-state index < -0.39 is 0 Å². The first kappa shape index (κ1) is 14.8. The van der Waals surface area contributed by atoms with E-state index in [0.29, 0.717) is 6.04 Å². The largest absolute Gasteiger partial charge is 0.377 e. The van der Waals surface area contributed by atoms with Crippen LogP contribution < -0.4 is 10.2 Å². The molecule has 1 N–H and O–H groups in total. The summed E-state index contributed by atoms with van der Waals surface area (Å²) in [5.41, 5.74) is 1.88. The van der Waals surface area contributed by atoms with E-state index >= 15 is 0 Å². The molecule has 0 radical (unpaired) electrons. The van der Waals surface area contributed by atoms with Gasteiger partial charge in [-0.05, 0) is 56.4 Å². The summed E-state index contributed by atoms with van der Waals surface area (Å²) >= 11 is 0. The highest BCUT2D eigenvalue weighted by molar-refractivity contribution is 5.50. The molecule has 1 saturated heterocycles. The van der Waals surface area contributed by atoms with Gasteiger partial charge in [0.25, 0.3) is 0 Å². The van der Waals surface area contributed by atoms with Crippen LogP contribution in [0.25, 0.3) is 0 Å². The highest BCUT2D eigenvalue weighted by Crippen LogP contribution is 2.29. The molecule has 116 valence electrons. The zero-order chi connectivity index (χ0) is 14.9. The van der Waals surface area contributed by atoms with Crippen LogP contribution in [0.3, 0.4) is 0 Å². The van der Waals surface area contributed by atoms with E-state index in [1.807, 2.05) is 0 Å². The minimum Gasteiger partial charge on any atom is -0.377 e. The average Bonchev–Trinajstić information content (AvgIpc) is 3.29. The molecule has 1 unspecified atom stereocenters. The third-order valence-electron chi connectivity index (χ3n) is 4.63. The van der Waals surface area contributed by atoms with Crippen LogP contribution in [-0.2, 0) is 11.3 Å². The summed E-state index contributed by atoms with van der Waals surface area (Å²) in [7, 11) is 1.76. The first-order valence-corrected chi connectivity index (χ1v) is 7.91. The molecule has 21 heavy (non-hydrogen) atoms. The number of benzene rings is 1.